The molecule has 0 bridgehead atoms. The Kier molecular flexibility index (Phi) is 8.22. The number of hydrogen-bond acceptors (Lipinski definition) is 6. The highest BCUT2D eigenvalue weighted by Crippen LogP contribution is 2.28. The van der Waals surface area contributed by atoms with E-state index in [4.69, 9.17) is 4.74 Å². The van der Waals surface area contributed by atoms with Gasteiger partial charge in [0.25, 0.3) is 0 Å². The third kappa shape index (κ3) is 6.42. The number of methoxy groups -OCH3 is 1. The number of carbonyl (C=O) groups is 2. The number of nitrogens with one attached hydrogen (secondary N) is 1. The summed E-state index contributed by atoms with van der Waals surface area (Å²) in [7, 11) is 1.30. The van der Waals surface area contributed by atoms with Crippen LogP contribution in [0.4, 0.5) is 4.39 Å². The van der Waals surface area contributed by atoms with E-state index in [0.717, 1.165) is 16.7 Å². The molecule has 1 saturated heterocycles. The fourth-order valence-corrected chi connectivity index (χ4v) is 4.47. The summed E-state index contributed by atoms with van der Waals surface area (Å²) in [5.74, 6) is -0.897. The zero-order valence-corrected chi connectivity index (χ0v) is 20.4. The molecule has 8 nitrogen and oxygen atoms in total. The summed E-state index contributed by atoms with van der Waals surface area (Å²) in [5.41, 5.74) is 3.32. The van der Waals surface area contributed by atoms with Gasteiger partial charge in [0.15, 0.2) is 5.69 Å². The first-order valence-corrected chi connectivity index (χ1v) is 11.9. The molecule has 3 aromatic rings. The number of halogens is 1. The molecule has 9 heteroatoms. The monoisotopic (exact) mass is 491 g/mol. The van der Waals surface area contributed by atoms with Crippen molar-refractivity contribution in [2.45, 2.75) is 31.8 Å². The van der Waals surface area contributed by atoms with Gasteiger partial charge in [-0.2, -0.15) is 0 Å². The van der Waals surface area contributed by atoms with Crippen molar-refractivity contribution in [3.63, 3.8) is 0 Å². The summed E-state index contributed by atoms with van der Waals surface area (Å²) in [6.45, 7) is 3.70. The SMILES string of the molecule is COC(=O)c1cn([C@@H]2C[C@@H](C(=O)NCCc3ccc(F)cc3)N(C/C(C)=C/c3ccccc3)C2)nn1. The van der Waals surface area contributed by atoms with Gasteiger partial charge in [-0.3, -0.25) is 9.69 Å². The predicted molar refractivity (Wildman–Crippen MR) is 134 cm³/mol. The second-order valence-corrected chi connectivity index (χ2v) is 8.98. The van der Waals surface area contributed by atoms with Crippen LogP contribution in [0.1, 0.15) is 41.0 Å². The number of benzene rings is 2. The highest BCUT2D eigenvalue weighted by atomic mass is 19.1. The highest BCUT2D eigenvalue weighted by molar-refractivity contribution is 5.86. The molecular formula is C27H30FN5O3. The summed E-state index contributed by atoms with van der Waals surface area (Å²) in [6.07, 6.45) is 4.82. The molecule has 1 fully saturated rings. The molecule has 1 N–H and O–H groups in total. The molecule has 1 aliphatic rings. The molecule has 188 valence electrons. The Morgan fingerprint density at radius 1 is 1.17 bits per heavy atom. The Morgan fingerprint density at radius 3 is 2.64 bits per heavy atom. The smallest absolute Gasteiger partial charge is 0.360 e. The van der Waals surface area contributed by atoms with E-state index in [2.05, 4.69) is 33.5 Å². The normalized spacial score (nSPS) is 18.2. The summed E-state index contributed by atoms with van der Waals surface area (Å²) < 4.78 is 19.5. The fourth-order valence-electron chi connectivity index (χ4n) is 4.47. The largest absolute Gasteiger partial charge is 0.464 e. The first-order chi connectivity index (χ1) is 17.4. The Hall–Kier alpha value is -3.85. The van der Waals surface area contributed by atoms with Gasteiger partial charge < -0.3 is 10.1 Å². The molecular weight excluding hydrogens is 461 g/mol. The van der Waals surface area contributed by atoms with Crippen LogP contribution in [0.3, 0.4) is 0 Å². The molecule has 2 atom stereocenters. The van der Waals surface area contributed by atoms with Crippen LogP contribution in [0, 0.1) is 5.82 Å². The Balaban J connectivity index is 1.45. The molecule has 0 aliphatic carbocycles. The number of amides is 1. The van der Waals surface area contributed by atoms with Crippen LogP contribution < -0.4 is 5.32 Å². The molecule has 1 aromatic heterocycles. The molecule has 2 aromatic carbocycles. The number of esters is 1. The van der Waals surface area contributed by atoms with Gasteiger partial charge in [-0.15, -0.1) is 5.10 Å². The Labute approximate surface area is 209 Å². The van der Waals surface area contributed by atoms with Crippen molar-refractivity contribution < 1.29 is 18.7 Å². The van der Waals surface area contributed by atoms with E-state index in [-0.39, 0.29) is 29.5 Å². The lowest BCUT2D eigenvalue weighted by Gasteiger charge is -2.24. The van der Waals surface area contributed by atoms with E-state index in [9.17, 15) is 14.0 Å². The van der Waals surface area contributed by atoms with Crippen molar-refractivity contribution in [3.05, 3.63) is 89.0 Å². The second-order valence-electron chi connectivity index (χ2n) is 8.98. The Bertz CT molecular complexity index is 1210. The van der Waals surface area contributed by atoms with Crippen molar-refractivity contribution in [1.82, 2.24) is 25.2 Å². The lowest BCUT2D eigenvalue weighted by atomic mass is 10.1. The van der Waals surface area contributed by atoms with Gasteiger partial charge >= 0.3 is 5.97 Å². The number of aromatic nitrogens is 3. The maximum absolute atomic E-state index is 13.2. The molecule has 0 radical (unpaired) electrons. The van der Waals surface area contributed by atoms with Gasteiger partial charge in [-0.05, 0) is 43.0 Å². The van der Waals surface area contributed by atoms with E-state index in [1.165, 1.54) is 19.2 Å². The maximum atomic E-state index is 13.2. The number of hydrogen-bond donors (Lipinski definition) is 1. The Morgan fingerprint density at radius 2 is 1.92 bits per heavy atom. The van der Waals surface area contributed by atoms with E-state index in [1.807, 2.05) is 30.3 Å². The van der Waals surface area contributed by atoms with Gasteiger partial charge in [-0.25, -0.2) is 13.9 Å². The molecule has 1 aliphatic heterocycles. The standard InChI is InChI=1S/C27H30FN5O3/c1-19(14-21-6-4-3-5-7-21)16-32-17-23(33-18-24(30-31-33)27(35)36-2)15-25(32)26(34)29-13-12-20-8-10-22(28)11-9-20/h3-11,14,18,23,25H,12-13,15-17H2,1-2H3,(H,29,34)/b19-14+/t23-,25+/m1/s1. The highest BCUT2D eigenvalue weighted by Gasteiger charge is 2.38. The number of likely N-dealkylation sites (tertiary alicyclic amines) is 1. The molecule has 0 saturated carbocycles. The molecule has 36 heavy (non-hydrogen) atoms. The van der Waals surface area contributed by atoms with Gasteiger partial charge in [0, 0.05) is 19.6 Å². The van der Waals surface area contributed by atoms with Crippen molar-refractivity contribution in [2.24, 2.45) is 0 Å². The summed E-state index contributed by atoms with van der Waals surface area (Å²) in [5, 5.41) is 11.1. The minimum atomic E-state index is -0.548. The zero-order chi connectivity index (χ0) is 25.5. The van der Waals surface area contributed by atoms with E-state index >= 15 is 0 Å². The lowest BCUT2D eigenvalue weighted by molar-refractivity contribution is -0.125. The lowest BCUT2D eigenvalue weighted by Crippen LogP contribution is -2.44. The third-order valence-corrected chi connectivity index (χ3v) is 6.25. The third-order valence-electron chi connectivity index (χ3n) is 6.25. The minimum Gasteiger partial charge on any atom is -0.464 e. The average molecular weight is 492 g/mol. The summed E-state index contributed by atoms with van der Waals surface area (Å²) >= 11 is 0. The first-order valence-electron chi connectivity index (χ1n) is 11.9. The molecule has 4 rings (SSSR count). The van der Waals surface area contributed by atoms with E-state index in [0.29, 0.717) is 32.5 Å². The number of ether oxygens (including phenoxy) is 1. The maximum Gasteiger partial charge on any atom is 0.360 e. The van der Waals surface area contributed by atoms with Crippen LogP contribution >= 0.6 is 0 Å². The quantitative estimate of drug-likeness (QED) is 0.462. The average Bonchev–Trinajstić information content (AvgIpc) is 3.53. The second kappa shape index (κ2) is 11.7. The van der Waals surface area contributed by atoms with Gasteiger partial charge in [0.1, 0.15) is 5.82 Å². The van der Waals surface area contributed by atoms with Crippen LogP contribution in [-0.2, 0) is 16.0 Å². The topological polar surface area (TPSA) is 89.4 Å². The minimum absolute atomic E-state index is 0.0690. The van der Waals surface area contributed by atoms with Crippen LogP contribution in [-0.4, -0.2) is 64.6 Å². The van der Waals surface area contributed by atoms with E-state index in [1.54, 1.807) is 23.0 Å². The van der Waals surface area contributed by atoms with Crippen LogP contribution in [0.2, 0.25) is 0 Å². The van der Waals surface area contributed by atoms with Gasteiger partial charge in [0.05, 0.1) is 25.4 Å². The fraction of sp³-hybridized carbons (Fsp3) is 0.333. The van der Waals surface area contributed by atoms with Crippen molar-refractivity contribution in [3.8, 4) is 0 Å². The van der Waals surface area contributed by atoms with Crippen LogP contribution in [0.25, 0.3) is 6.08 Å². The zero-order valence-electron chi connectivity index (χ0n) is 20.4. The number of rotatable bonds is 9. The van der Waals surface area contributed by atoms with Crippen molar-refractivity contribution in [1.29, 1.82) is 0 Å². The summed E-state index contributed by atoms with van der Waals surface area (Å²) in [6, 6.07) is 15.8. The summed E-state index contributed by atoms with van der Waals surface area (Å²) in [4.78, 5) is 27.2. The molecule has 1 amide bonds. The first kappa shape index (κ1) is 25.2. The van der Waals surface area contributed by atoms with Gasteiger partial charge in [0.2, 0.25) is 5.91 Å². The molecule has 0 spiro atoms. The van der Waals surface area contributed by atoms with Crippen molar-refractivity contribution >= 4 is 18.0 Å². The van der Waals surface area contributed by atoms with Gasteiger partial charge in [-0.1, -0.05) is 59.3 Å². The predicted octanol–water partition coefficient (Wildman–Crippen LogP) is 3.28. The molecule has 2 heterocycles. The van der Waals surface area contributed by atoms with Crippen LogP contribution in [0.5, 0.6) is 0 Å². The van der Waals surface area contributed by atoms with E-state index < -0.39 is 5.97 Å². The van der Waals surface area contributed by atoms with Crippen LogP contribution in [0.15, 0.2) is 66.4 Å². The number of nitrogens with zero attached hydrogens (tertiary/aromatic N) is 4. The molecule has 0 unspecified atom stereocenters. The number of carbonyl (C=O) groups excluding carboxylic acids is 2. The van der Waals surface area contributed by atoms with Crippen molar-refractivity contribution in [2.75, 3.05) is 26.7 Å².